The van der Waals surface area contributed by atoms with Gasteiger partial charge in [-0.2, -0.15) is 0 Å². The lowest BCUT2D eigenvalue weighted by molar-refractivity contribution is 0.408. The van der Waals surface area contributed by atoms with Gasteiger partial charge in [0.25, 0.3) is 0 Å². The lowest BCUT2D eigenvalue weighted by Gasteiger charge is -2.27. The average molecular weight is 314 g/mol. The fourth-order valence-corrected chi connectivity index (χ4v) is 2.08. The molecule has 0 saturated heterocycles. The van der Waals surface area contributed by atoms with Crippen LogP contribution >= 0.6 is 15.9 Å². The van der Waals surface area contributed by atoms with E-state index in [1.807, 2.05) is 6.20 Å². The van der Waals surface area contributed by atoms with E-state index in [9.17, 15) is 0 Å². The predicted molar refractivity (Wildman–Crippen MR) is 82.5 cm³/mol. The summed E-state index contributed by atoms with van der Waals surface area (Å²) in [7, 11) is 4.21. The maximum absolute atomic E-state index is 4.56. The van der Waals surface area contributed by atoms with Crippen LogP contribution in [0.3, 0.4) is 0 Å². The van der Waals surface area contributed by atoms with Crippen molar-refractivity contribution in [1.29, 1.82) is 0 Å². The number of pyridine rings is 1. The fourth-order valence-electron chi connectivity index (χ4n) is 1.74. The molecule has 1 aromatic heterocycles. The third kappa shape index (κ3) is 5.36. The standard InChI is InChI=1S/C14H24BrN3/c1-12(2)11-18(8-7-17(3)4)14-6-5-13(9-15)10-16-14/h5-6,10,12H,7-9,11H2,1-4H3. The Morgan fingerprint density at radius 2 is 1.94 bits per heavy atom. The number of rotatable bonds is 7. The molecule has 0 bridgehead atoms. The summed E-state index contributed by atoms with van der Waals surface area (Å²) >= 11 is 3.45. The van der Waals surface area contributed by atoms with E-state index in [1.165, 1.54) is 5.56 Å². The maximum Gasteiger partial charge on any atom is 0.128 e. The first-order valence-electron chi connectivity index (χ1n) is 6.43. The van der Waals surface area contributed by atoms with Crippen LogP contribution in [-0.2, 0) is 5.33 Å². The summed E-state index contributed by atoms with van der Waals surface area (Å²) in [4.78, 5) is 9.13. The predicted octanol–water partition coefficient (Wildman–Crippen LogP) is 3.00. The zero-order valence-corrected chi connectivity index (χ0v) is 13.4. The Balaban J connectivity index is 2.73. The van der Waals surface area contributed by atoms with E-state index in [-0.39, 0.29) is 0 Å². The number of hydrogen-bond acceptors (Lipinski definition) is 3. The summed E-state index contributed by atoms with van der Waals surface area (Å²) in [5, 5.41) is 0.863. The molecule has 0 aliphatic rings. The Kier molecular flexibility index (Phi) is 6.65. The number of alkyl halides is 1. The van der Waals surface area contributed by atoms with Gasteiger partial charge in [-0.3, -0.25) is 0 Å². The zero-order valence-electron chi connectivity index (χ0n) is 11.9. The summed E-state index contributed by atoms with van der Waals surface area (Å²) in [6.45, 7) is 7.61. The van der Waals surface area contributed by atoms with Gasteiger partial charge in [0.2, 0.25) is 0 Å². The molecule has 3 nitrogen and oxygen atoms in total. The van der Waals surface area contributed by atoms with Crippen LogP contribution in [0.5, 0.6) is 0 Å². The molecular formula is C14H24BrN3. The van der Waals surface area contributed by atoms with Crippen molar-refractivity contribution >= 4 is 21.7 Å². The third-order valence-corrected chi connectivity index (χ3v) is 3.34. The lowest BCUT2D eigenvalue weighted by atomic mass is 10.2. The lowest BCUT2D eigenvalue weighted by Crippen LogP contribution is -2.34. The number of anilines is 1. The second-order valence-corrected chi connectivity index (χ2v) is 5.86. The minimum Gasteiger partial charge on any atom is -0.355 e. The van der Waals surface area contributed by atoms with Gasteiger partial charge in [-0.1, -0.05) is 35.8 Å². The van der Waals surface area contributed by atoms with Gasteiger partial charge in [0.15, 0.2) is 0 Å². The van der Waals surface area contributed by atoms with Gasteiger partial charge in [0.1, 0.15) is 5.82 Å². The summed E-state index contributed by atoms with van der Waals surface area (Å²) < 4.78 is 0. The normalized spacial score (nSPS) is 11.3. The summed E-state index contributed by atoms with van der Waals surface area (Å²) in [5.74, 6) is 1.72. The van der Waals surface area contributed by atoms with E-state index in [1.54, 1.807) is 0 Å². The molecule has 0 saturated carbocycles. The molecule has 0 aromatic carbocycles. The van der Waals surface area contributed by atoms with E-state index >= 15 is 0 Å². The number of halogens is 1. The molecular weight excluding hydrogens is 290 g/mol. The Bertz CT molecular complexity index is 335. The van der Waals surface area contributed by atoms with E-state index in [2.05, 4.69) is 70.8 Å². The van der Waals surface area contributed by atoms with Crippen LogP contribution < -0.4 is 4.90 Å². The van der Waals surface area contributed by atoms with Crippen LogP contribution in [0.25, 0.3) is 0 Å². The second kappa shape index (κ2) is 7.74. The zero-order chi connectivity index (χ0) is 13.5. The highest BCUT2D eigenvalue weighted by atomic mass is 79.9. The van der Waals surface area contributed by atoms with Crippen LogP contribution in [-0.4, -0.2) is 43.6 Å². The molecule has 0 radical (unpaired) electrons. The van der Waals surface area contributed by atoms with Crippen molar-refractivity contribution in [2.24, 2.45) is 5.92 Å². The maximum atomic E-state index is 4.56. The minimum absolute atomic E-state index is 0.643. The van der Waals surface area contributed by atoms with Crippen molar-refractivity contribution in [3.05, 3.63) is 23.9 Å². The number of hydrogen-bond donors (Lipinski definition) is 0. The van der Waals surface area contributed by atoms with Crippen molar-refractivity contribution in [3.8, 4) is 0 Å². The van der Waals surface area contributed by atoms with Gasteiger partial charge >= 0.3 is 0 Å². The summed E-state index contributed by atoms with van der Waals surface area (Å²) in [6, 6.07) is 4.26. The van der Waals surface area contributed by atoms with Crippen LogP contribution in [0, 0.1) is 5.92 Å². The molecule has 0 unspecified atom stereocenters. The van der Waals surface area contributed by atoms with Crippen molar-refractivity contribution in [2.45, 2.75) is 19.2 Å². The van der Waals surface area contributed by atoms with Crippen LogP contribution in [0.15, 0.2) is 18.3 Å². The SMILES string of the molecule is CC(C)CN(CCN(C)C)c1ccc(CBr)cn1. The molecule has 0 atom stereocenters. The van der Waals surface area contributed by atoms with Gasteiger partial charge in [-0.05, 0) is 31.6 Å². The monoisotopic (exact) mass is 313 g/mol. The Hall–Kier alpha value is -0.610. The highest BCUT2D eigenvalue weighted by Crippen LogP contribution is 2.14. The number of likely N-dealkylation sites (N-methyl/N-ethyl adjacent to an activating group) is 1. The molecule has 0 spiro atoms. The van der Waals surface area contributed by atoms with Gasteiger partial charge in [0, 0.05) is 31.2 Å². The van der Waals surface area contributed by atoms with Gasteiger partial charge in [0.05, 0.1) is 0 Å². The molecule has 102 valence electrons. The van der Waals surface area contributed by atoms with E-state index in [0.717, 1.165) is 30.8 Å². The van der Waals surface area contributed by atoms with E-state index < -0.39 is 0 Å². The quantitative estimate of drug-likeness (QED) is 0.721. The largest absolute Gasteiger partial charge is 0.355 e. The smallest absolute Gasteiger partial charge is 0.128 e. The van der Waals surface area contributed by atoms with Gasteiger partial charge in [-0.15, -0.1) is 0 Å². The Morgan fingerprint density at radius 1 is 1.22 bits per heavy atom. The Morgan fingerprint density at radius 3 is 2.39 bits per heavy atom. The molecule has 4 heteroatoms. The molecule has 0 fully saturated rings. The highest BCUT2D eigenvalue weighted by molar-refractivity contribution is 9.08. The minimum atomic E-state index is 0.643. The molecule has 0 aliphatic carbocycles. The van der Waals surface area contributed by atoms with Crippen LogP contribution in [0.2, 0.25) is 0 Å². The molecule has 0 aliphatic heterocycles. The van der Waals surface area contributed by atoms with Gasteiger partial charge < -0.3 is 9.80 Å². The summed E-state index contributed by atoms with van der Waals surface area (Å²) in [6.07, 6.45) is 1.95. The average Bonchev–Trinajstić information content (AvgIpc) is 2.34. The van der Waals surface area contributed by atoms with Crippen LogP contribution in [0.4, 0.5) is 5.82 Å². The van der Waals surface area contributed by atoms with Crippen LogP contribution in [0.1, 0.15) is 19.4 Å². The Labute approximate surface area is 119 Å². The van der Waals surface area contributed by atoms with E-state index in [4.69, 9.17) is 0 Å². The van der Waals surface area contributed by atoms with Gasteiger partial charge in [-0.25, -0.2) is 4.98 Å². The second-order valence-electron chi connectivity index (χ2n) is 5.30. The first-order valence-corrected chi connectivity index (χ1v) is 7.55. The molecule has 1 aromatic rings. The fraction of sp³-hybridized carbons (Fsp3) is 0.643. The van der Waals surface area contributed by atoms with Crippen molar-refractivity contribution in [1.82, 2.24) is 9.88 Å². The number of nitrogens with zero attached hydrogens (tertiary/aromatic N) is 3. The van der Waals surface area contributed by atoms with Crippen molar-refractivity contribution < 1.29 is 0 Å². The highest BCUT2D eigenvalue weighted by Gasteiger charge is 2.10. The summed E-state index contributed by atoms with van der Waals surface area (Å²) in [5.41, 5.74) is 1.22. The van der Waals surface area contributed by atoms with E-state index in [0.29, 0.717) is 5.92 Å². The first kappa shape index (κ1) is 15.4. The van der Waals surface area contributed by atoms with Crippen molar-refractivity contribution in [2.75, 3.05) is 38.6 Å². The third-order valence-electron chi connectivity index (χ3n) is 2.69. The number of aromatic nitrogens is 1. The molecule has 18 heavy (non-hydrogen) atoms. The molecule has 1 rings (SSSR count). The topological polar surface area (TPSA) is 19.4 Å². The molecule has 1 heterocycles. The molecule has 0 amide bonds. The van der Waals surface area contributed by atoms with Crippen molar-refractivity contribution in [3.63, 3.8) is 0 Å². The molecule has 0 N–H and O–H groups in total. The first-order chi connectivity index (χ1) is 8.52.